The third-order valence-corrected chi connectivity index (χ3v) is 4.79. The van der Waals surface area contributed by atoms with Gasteiger partial charge in [0.2, 0.25) is 5.91 Å². The Balaban J connectivity index is 2.04. The summed E-state index contributed by atoms with van der Waals surface area (Å²) < 4.78 is 1.04. The summed E-state index contributed by atoms with van der Waals surface area (Å²) in [6.07, 6.45) is 2.86. The molecule has 1 amide bonds. The molecule has 1 fully saturated rings. The number of hydrogen-bond donors (Lipinski definition) is 2. The Hall–Kier alpha value is -0.870. The van der Waals surface area contributed by atoms with Crippen molar-refractivity contribution in [3.8, 4) is 0 Å². The number of halogens is 1. The highest BCUT2D eigenvalue weighted by Gasteiger charge is 2.43. The molecule has 0 aliphatic heterocycles. The van der Waals surface area contributed by atoms with E-state index in [9.17, 15) is 4.79 Å². The van der Waals surface area contributed by atoms with Gasteiger partial charge in [-0.1, -0.05) is 34.5 Å². The summed E-state index contributed by atoms with van der Waals surface area (Å²) in [6, 6.07) is 8.00. The van der Waals surface area contributed by atoms with E-state index in [4.69, 9.17) is 5.73 Å². The van der Waals surface area contributed by atoms with Crippen LogP contribution in [0, 0.1) is 5.41 Å². The number of rotatable bonds is 3. The van der Waals surface area contributed by atoms with Gasteiger partial charge in [-0.3, -0.25) is 4.79 Å². The largest absolute Gasteiger partial charge is 0.349 e. The van der Waals surface area contributed by atoms with Gasteiger partial charge in [0.1, 0.15) is 0 Å². The van der Waals surface area contributed by atoms with Crippen molar-refractivity contribution < 1.29 is 4.79 Å². The molecule has 0 spiro atoms. The van der Waals surface area contributed by atoms with E-state index in [1.54, 1.807) is 0 Å². The third-order valence-electron chi connectivity index (χ3n) is 4.27. The highest BCUT2D eigenvalue weighted by atomic mass is 79.9. The fourth-order valence-electron chi connectivity index (χ4n) is 2.67. The Morgan fingerprint density at radius 3 is 2.63 bits per heavy atom. The topological polar surface area (TPSA) is 55.1 Å². The van der Waals surface area contributed by atoms with Gasteiger partial charge in [0, 0.05) is 10.5 Å². The Morgan fingerprint density at radius 2 is 2.11 bits per heavy atom. The number of nitrogens with one attached hydrogen (secondary N) is 1. The normalized spacial score (nSPS) is 28.1. The van der Waals surface area contributed by atoms with Crippen LogP contribution >= 0.6 is 15.9 Å². The molecule has 1 aromatic rings. The molecule has 0 saturated heterocycles. The van der Waals surface area contributed by atoms with E-state index in [-0.39, 0.29) is 18.0 Å². The molecule has 3 N–H and O–H groups in total. The summed E-state index contributed by atoms with van der Waals surface area (Å²) in [5, 5.41) is 3.09. The molecule has 0 aromatic heterocycles. The molecule has 0 heterocycles. The molecule has 3 atom stereocenters. The summed E-state index contributed by atoms with van der Waals surface area (Å²) in [4.78, 5) is 12.4. The number of carbonyl (C=O) groups is 1. The molecular formula is C15H21BrN2O. The van der Waals surface area contributed by atoms with E-state index in [1.165, 1.54) is 0 Å². The first kappa shape index (κ1) is 14.5. The standard InChI is InChI=1S/C15H21BrN2O/c1-10(11-5-7-12(16)8-6-11)18-14(19)15(2)9-3-4-13(15)17/h5-8,10,13H,3-4,9,17H2,1-2H3,(H,18,19)/t10-,13?,15?/m0/s1. The lowest BCUT2D eigenvalue weighted by molar-refractivity contribution is -0.131. The predicted molar refractivity (Wildman–Crippen MR) is 80.6 cm³/mol. The van der Waals surface area contributed by atoms with E-state index < -0.39 is 5.41 Å². The van der Waals surface area contributed by atoms with Gasteiger partial charge in [0.25, 0.3) is 0 Å². The van der Waals surface area contributed by atoms with E-state index >= 15 is 0 Å². The van der Waals surface area contributed by atoms with Crippen molar-refractivity contribution in [3.63, 3.8) is 0 Å². The molecule has 0 bridgehead atoms. The summed E-state index contributed by atoms with van der Waals surface area (Å²) >= 11 is 3.41. The number of amides is 1. The average Bonchev–Trinajstić information content (AvgIpc) is 2.71. The average molecular weight is 325 g/mol. The maximum atomic E-state index is 12.4. The monoisotopic (exact) mass is 324 g/mol. The zero-order valence-corrected chi connectivity index (χ0v) is 13.0. The summed E-state index contributed by atoms with van der Waals surface area (Å²) in [5.74, 6) is 0.0768. The van der Waals surface area contributed by atoms with Crippen LogP contribution in [0.1, 0.15) is 44.7 Å². The lowest BCUT2D eigenvalue weighted by Gasteiger charge is -2.29. The molecule has 1 aliphatic rings. The van der Waals surface area contributed by atoms with Gasteiger partial charge >= 0.3 is 0 Å². The fourth-order valence-corrected chi connectivity index (χ4v) is 2.94. The van der Waals surface area contributed by atoms with Crippen LogP contribution in [0.4, 0.5) is 0 Å². The number of benzene rings is 1. The fraction of sp³-hybridized carbons (Fsp3) is 0.533. The van der Waals surface area contributed by atoms with Crippen LogP contribution in [0.5, 0.6) is 0 Å². The SMILES string of the molecule is C[C@H](NC(=O)C1(C)CCCC1N)c1ccc(Br)cc1. The number of nitrogens with two attached hydrogens (primary N) is 1. The van der Waals surface area contributed by atoms with E-state index in [2.05, 4.69) is 21.2 Å². The molecule has 1 aromatic carbocycles. The second-order valence-corrected chi connectivity index (χ2v) is 6.58. The van der Waals surface area contributed by atoms with Crippen molar-refractivity contribution in [2.24, 2.45) is 11.1 Å². The van der Waals surface area contributed by atoms with Crippen molar-refractivity contribution >= 4 is 21.8 Å². The Morgan fingerprint density at radius 1 is 1.47 bits per heavy atom. The minimum atomic E-state index is -0.413. The van der Waals surface area contributed by atoms with Crippen LogP contribution in [-0.4, -0.2) is 11.9 Å². The van der Waals surface area contributed by atoms with Gasteiger partial charge in [-0.15, -0.1) is 0 Å². The Kier molecular flexibility index (Phi) is 4.31. The molecule has 19 heavy (non-hydrogen) atoms. The molecule has 3 nitrogen and oxygen atoms in total. The highest BCUT2D eigenvalue weighted by Crippen LogP contribution is 2.37. The first-order chi connectivity index (χ1) is 8.93. The van der Waals surface area contributed by atoms with E-state index in [0.29, 0.717) is 0 Å². The van der Waals surface area contributed by atoms with Crippen molar-refractivity contribution in [2.75, 3.05) is 0 Å². The van der Waals surface area contributed by atoms with Gasteiger partial charge in [0.15, 0.2) is 0 Å². The van der Waals surface area contributed by atoms with Crippen LogP contribution < -0.4 is 11.1 Å². The maximum Gasteiger partial charge on any atom is 0.227 e. The van der Waals surface area contributed by atoms with Gasteiger partial charge in [-0.25, -0.2) is 0 Å². The quantitative estimate of drug-likeness (QED) is 0.897. The van der Waals surface area contributed by atoms with Crippen LogP contribution in [-0.2, 0) is 4.79 Å². The highest BCUT2D eigenvalue weighted by molar-refractivity contribution is 9.10. The van der Waals surface area contributed by atoms with Crippen molar-refractivity contribution in [3.05, 3.63) is 34.3 Å². The van der Waals surface area contributed by atoms with Gasteiger partial charge in [-0.2, -0.15) is 0 Å². The van der Waals surface area contributed by atoms with Crippen LogP contribution in [0.2, 0.25) is 0 Å². The van der Waals surface area contributed by atoms with Crippen molar-refractivity contribution in [2.45, 2.75) is 45.2 Å². The zero-order valence-electron chi connectivity index (χ0n) is 11.4. The minimum absolute atomic E-state index is 0.00484. The molecular weight excluding hydrogens is 304 g/mol. The lowest BCUT2D eigenvalue weighted by atomic mass is 9.84. The summed E-state index contributed by atoms with van der Waals surface area (Å²) in [6.45, 7) is 3.99. The summed E-state index contributed by atoms with van der Waals surface area (Å²) in [7, 11) is 0. The van der Waals surface area contributed by atoms with Crippen LogP contribution in [0.15, 0.2) is 28.7 Å². The summed E-state index contributed by atoms with van der Waals surface area (Å²) in [5.41, 5.74) is 6.77. The molecule has 2 unspecified atom stereocenters. The maximum absolute atomic E-state index is 12.4. The lowest BCUT2D eigenvalue weighted by Crippen LogP contribution is -2.47. The van der Waals surface area contributed by atoms with Gasteiger partial charge in [-0.05, 0) is 44.4 Å². The zero-order chi connectivity index (χ0) is 14.0. The minimum Gasteiger partial charge on any atom is -0.349 e. The molecule has 2 rings (SSSR count). The van der Waals surface area contributed by atoms with Crippen LogP contribution in [0.3, 0.4) is 0 Å². The van der Waals surface area contributed by atoms with Gasteiger partial charge in [0.05, 0.1) is 11.5 Å². The molecule has 104 valence electrons. The van der Waals surface area contributed by atoms with Crippen LogP contribution in [0.25, 0.3) is 0 Å². The second-order valence-electron chi connectivity index (χ2n) is 5.66. The van der Waals surface area contributed by atoms with Gasteiger partial charge < -0.3 is 11.1 Å². The Bertz CT molecular complexity index is 460. The predicted octanol–water partition coefficient (Wildman–Crippen LogP) is 3.14. The smallest absolute Gasteiger partial charge is 0.227 e. The molecule has 0 radical (unpaired) electrons. The third kappa shape index (κ3) is 3.00. The Labute approximate surface area is 123 Å². The van der Waals surface area contributed by atoms with E-state index in [1.807, 2.05) is 38.1 Å². The number of hydrogen-bond acceptors (Lipinski definition) is 2. The first-order valence-electron chi connectivity index (χ1n) is 6.75. The molecule has 4 heteroatoms. The molecule has 1 aliphatic carbocycles. The van der Waals surface area contributed by atoms with Crippen molar-refractivity contribution in [1.82, 2.24) is 5.32 Å². The second kappa shape index (κ2) is 5.63. The molecule has 1 saturated carbocycles. The number of carbonyl (C=O) groups excluding carboxylic acids is 1. The van der Waals surface area contributed by atoms with E-state index in [0.717, 1.165) is 29.3 Å². The van der Waals surface area contributed by atoms with Crippen molar-refractivity contribution in [1.29, 1.82) is 0 Å². The first-order valence-corrected chi connectivity index (χ1v) is 7.55.